The maximum absolute atomic E-state index is 9.43. The van der Waals surface area contributed by atoms with Crippen LogP contribution in [0.1, 0.15) is 50.7 Å². The molecule has 0 saturated heterocycles. The van der Waals surface area contributed by atoms with E-state index in [4.69, 9.17) is 4.74 Å². The lowest BCUT2D eigenvalue weighted by Gasteiger charge is -2.20. The molecule has 0 fully saturated rings. The molecule has 112 valence electrons. The minimum absolute atomic E-state index is 0.0462. The predicted molar refractivity (Wildman–Crippen MR) is 86.7 cm³/mol. The van der Waals surface area contributed by atoms with Crippen molar-refractivity contribution in [1.29, 1.82) is 0 Å². The van der Waals surface area contributed by atoms with E-state index >= 15 is 0 Å². The minimum atomic E-state index is 0.0462. The monoisotopic (exact) mass is 284 g/mol. The topological polar surface area (TPSA) is 29.5 Å². The van der Waals surface area contributed by atoms with Gasteiger partial charge in [-0.25, -0.2) is 0 Å². The van der Waals surface area contributed by atoms with E-state index in [0.29, 0.717) is 5.75 Å². The van der Waals surface area contributed by atoms with Crippen molar-refractivity contribution < 1.29 is 9.84 Å². The zero-order chi connectivity index (χ0) is 14.9. The Morgan fingerprint density at radius 3 is 2.29 bits per heavy atom. The van der Waals surface area contributed by atoms with Crippen molar-refractivity contribution in [2.45, 2.75) is 45.1 Å². The van der Waals surface area contributed by atoms with Gasteiger partial charge in [0.2, 0.25) is 0 Å². The fourth-order valence-corrected chi connectivity index (χ4v) is 2.40. The number of hydrogen-bond donors (Lipinski definition) is 1. The molecule has 0 aliphatic heterocycles. The summed E-state index contributed by atoms with van der Waals surface area (Å²) in [4.78, 5) is 0. The minimum Gasteiger partial charge on any atom is -0.508 e. The fourth-order valence-electron chi connectivity index (χ4n) is 2.40. The van der Waals surface area contributed by atoms with Crippen LogP contribution in [0.5, 0.6) is 11.5 Å². The van der Waals surface area contributed by atoms with Gasteiger partial charge in [-0.05, 0) is 42.7 Å². The molecule has 2 heteroatoms. The Labute approximate surface area is 127 Å². The number of unbranched alkanes of at least 4 members (excludes halogenated alkanes) is 3. The summed E-state index contributed by atoms with van der Waals surface area (Å²) in [5.74, 6) is 1.19. The Kier molecular flexibility index (Phi) is 6.14. The molecule has 2 aromatic rings. The third kappa shape index (κ3) is 5.14. The molecule has 0 aromatic heterocycles. The van der Waals surface area contributed by atoms with Gasteiger partial charge in [0, 0.05) is 0 Å². The highest BCUT2D eigenvalue weighted by molar-refractivity contribution is 5.29. The van der Waals surface area contributed by atoms with Crippen LogP contribution in [0.3, 0.4) is 0 Å². The van der Waals surface area contributed by atoms with Crippen LogP contribution in [0.25, 0.3) is 0 Å². The fraction of sp³-hybridized carbons (Fsp3) is 0.368. The first-order chi connectivity index (χ1) is 10.3. The predicted octanol–water partition coefficient (Wildman–Crippen LogP) is 5.48. The third-order valence-electron chi connectivity index (χ3n) is 3.61. The van der Waals surface area contributed by atoms with Crippen molar-refractivity contribution in [3.8, 4) is 11.5 Å². The largest absolute Gasteiger partial charge is 0.508 e. The second kappa shape index (κ2) is 8.35. The summed E-state index contributed by atoms with van der Waals surface area (Å²) in [6, 6.07) is 17.3. The van der Waals surface area contributed by atoms with Crippen molar-refractivity contribution in [2.24, 2.45) is 0 Å². The van der Waals surface area contributed by atoms with Gasteiger partial charge in [0.1, 0.15) is 17.6 Å². The van der Waals surface area contributed by atoms with Gasteiger partial charge in [0.15, 0.2) is 0 Å². The lowest BCUT2D eigenvalue weighted by molar-refractivity contribution is 0.190. The zero-order valence-electron chi connectivity index (χ0n) is 12.7. The molecule has 0 heterocycles. The molecule has 21 heavy (non-hydrogen) atoms. The number of benzene rings is 2. The molecular weight excluding hydrogens is 260 g/mol. The average molecular weight is 284 g/mol. The van der Waals surface area contributed by atoms with E-state index in [-0.39, 0.29) is 6.10 Å². The average Bonchev–Trinajstić information content (AvgIpc) is 2.52. The van der Waals surface area contributed by atoms with Gasteiger partial charge >= 0.3 is 0 Å². The van der Waals surface area contributed by atoms with Gasteiger partial charge in [0.05, 0.1) is 0 Å². The maximum Gasteiger partial charge on any atom is 0.124 e. The number of rotatable bonds is 8. The zero-order valence-corrected chi connectivity index (χ0v) is 12.7. The molecule has 1 N–H and O–H groups in total. The quantitative estimate of drug-likeness (QED) is 0.650. The third-order valence-corrected chi connectivity index (χ3v) is 3.61. The summed E-state index contributed by atoms with van der Waals surface area (Å²) in [6.07, 6.45) is 5.96. The lowest BCUT2D eigenvalue weighted by Crippen LogP contribution is -2.07. The van der Waals surface area contributed by atoms with Crippen molar-refractivity contribution in [3.63, 3.8) is 0 Å². The molecule has 0 bridgehead atoms. The maximum atomic E-state index is 9.43. The standard InChI is InChI=1S/C19H24O2/c1-2-3-4-8-11-19(16-12-14-17(20)15-13-16)21-18-9-6-5-7-10-18/h5-7,9-10,12-15,19-20H,2-4,8,11H2,1H3. The van der Waals surface area contributed by atoms with Crippen LogP contribution in [-0.2, 0) is 0 Å². The van der Waals surface area contributed by atoms with Gasteiger partial charge in [-0.1, -0.05) is 56.5 Å². The summed E-state index contributed by atoms with van der Waals surface area (Å²) in [5.41, 5.74) is 1.12. The van der Waals surface area contributed by atoms with Gasteiger partial charge in [-0.3, -0.25) is 0 Å². The van der Waals surface area contributed by atoms with E-state index in [0.717, 1.165) is 24.2 Å². The molecule has 0 radical (unpaired) electrons. The van der Waals surface area contributed by atoms with Crippen molar-refractivity contribution >= 4 is 0 Å². The number of phenolic OH excluding ortho intramolecular Hbond substituents is 1. The van der Waals surface area contributed by atoms with Crippen LogP contribution in [0.2, 0.25) is 0 Å². The molecule has 2 rings (SSSR count). The van der Waals surface area contributed by atoms with Gasteiger partial charge in [0.25, 0.3) is 0 Å². The molecular formula is C19H24O2. The van der Waals surface area contributed by atoms with Gasteiger partial charge in [-0.15, -0.1) is 0 Å². The molecule has 0 amide bonds. The van der Waals surface area contributed by atoms with Crippen LogP contribution < -0.4 is 4.74 Å². The molecule has 0 spiro atoms. The smallest absolute Gasteiger partial charge is 0.124 e. The highest BCUT2D eigenvalue weighted by Gasteiger charge is 2.13. The molecule has 0 aliphatic carbocycles. The summed E-state index contributed by atoms with van der Waals surface area (Å²) in [6.45, 7) is 2.22. The van der Waals surface area contributed by atoms with Crippen molar-refractivity contribution in [2.75, 3.05) is 0 Å². The SMILES string of the molecule is CCCCCCC(Oc1ccccc1)c1ccc(O)cc1. The summed E-state index contributed by atoms with van der Waals surface area (Å²) >= 11 is 0. The number of aromatic hydroxyl groups is 1. The van der Waals surface area contributed by atoms with Crippen molar-refractivity contribution in [3.05, 3.63) is 60.2 Å². The van der Waals surface area contributed by atoms with E-state index in [1.54, 1.807) is 12.1 Å². The van der Waals surface area contributed by atoms with Crippen molar-refractivity contribution in [1.82, 2.24) is 0 Å². The van der Waals surface area contributed by atoms with Crippen LogP contribution in [0.15, 0.2) is 54.6 Å². The Morgan fingerprint density at radius 2 is 1.62 bits per heavy atom. The molecule has 0 saturated carbocycles. The molecule has 1 atom stereocenters. The van der Waals surface area contributed by atoms with E-state index < -0.39 is 0 Å². The van der Waals surface area contributed by atoms with E-state index in [9.17, 15) is 5.11 Å². The first-order valence-corrected chi connectivity index (χ1v) is 7.80. The van der Waals surface area contributed by atoms with Crippen LogP contribution >= 0.6 is 0 Å². The molecule has 1 unspecified atom stereocenters. The van der Waals surface area contributed by atoms with Crippen LogP contribution in [0.4, 0.5) is 0 Å². The van der Waals surface area contributed by atoms with Gasteiger partial charge < -0.3 is 9.84 Å². The summed E-state index contributed by atoms with van der Waals surface area (Å²) < 4.78 is 6.14. The number of phenols is 1. The van der Waals surface area contributed by atoms with E-state index in [1.807, 2.05) is 42.5 Å². The summed E-state index contributed by atoms with van der Waals surface area (Å²) in [5, 5.41) is 9.43. The highest BCUT2D eigenvalue weighted by Crippen LogP contribution is 2.27. The summed E-state index contributed by atoms with van der Waals surface area (Å²) in [7, 11) is 0. The molecule has 2 nitrogen and oxygen atoms in total. The molecule has 0 aliphatic rings. The van der Waals surface area contributed by atoms with Crippen LogP contribution in [0, 0.1) is 0 Å². The van der Waals surface area contributed by atoms with E-state index in [2.05, 4.69) is 6.92 Å². The number of para-hydroxylation sites is 1. The first-order valence-electron chi connectivity index (χ1n) is 7.80. The Morgan fingerprint density at radius 1 is 0.905 bits per heavy atom. The van der Waals surface area contributed by atoms with Crippen LogP contribution in [-0.4, -0.2) is 5.11 Å². The Bertz CT molecular complexity index is 505. The second-order valence-electron chi connectivity index (χ2n) is 5.36. The number of ether oxygens (including phenoxy) is 1. The Balaban J connectivity index is 2.04. The lowest BCUT2D eigenvalue weighted by atomic mass is 10.0. The number of hydrogen-bond acceptors (Lipinski definition) is 2. The molecule has 2 aromatic carbocycles. The van der Waals surface area contributed by atoms with Gasteiger partial charge in [-0.2, -0.15) is 0 Å². The Hall–Kier alpha value is -1.96. The first kappa shape index (κ1) is 15.4. The normalized spacial score (nSPS) is 12.0. The second-order valence-corrected chi connectivity index (χ2v) is 5.36. The van der Waals surface area contributed by atoms with E-state index in [1.165, 1.54) is 19.3 Å². The highest BCUT2D eigenvalue weighted by atomic mass is 16.5.